The number of rotatable bonds is 3. The molecule has 0 fully saturated rings. The van der Waals surface area contributed by atoms with E-state index in [1.165, 1.54) is 36.1 Å². The minimum Gasteiger partial charge on any atom is -0.323 e. The number of benzene rings is 1. The Balaban J connectivity index is 1.76. The van der Waals surface area contributed by atoms with Gasteiger partial charge in [0.2, 0.25) is 0 Å². The fourth-order valence-corrected chi connectivity index (χ4v) is 4.42. The number of hydrogen-bond acceptors (Lipinski definition) is 2. The zero-order valence-corrected chi connectivity index (χ0v) is 13.3. The molecule has 1 nitrogen and oxygen atoms in total. The van der Waals surface area contributed by atoms with Crippen LogP contribution in [0.3, 0.4) is 0 Å². The Hall–Kier alpha value is -0.640. The van der Waals surface area contributed by atoms with Crippen molar-refractivity contribution < 1.29 is 0 Å². The first-order valence-electron chi connectivity index (χ1n) is 6.84. The summed E-state index contributed by atoms with van der Waals surface area (Å²) in [5, 5.41) is 0. The summed E-state index contributed by atoms with van der Waals surface area (Å²) in [6.07, 6.45) is 6.09. The monoisotopic (exact) mass is 335 g/mol. The third-order valence-electron chi connectivity index (χ3n) is 3.73. The van der Waals surface area contributed by atoms with Crippen LogP contribution < -0.4 is 5.73 Å². The molecular weight excluding hydrogens is 318 g/mol. The first-order valence-corrected chi connectivity index (χ1v) is 8.45. The molecule has 0 radical (unpaired) electrons. The first kappa shape index (κ1) is 13.3. The molecule has 1 aromatic carbocycles. The smallest absolute Gasteiger partial charge is 0.0430 e. The largest absolute Gasteiger partial charge is 0.323 e. The van der Waals surface area contributed by atoms with E-state index in [0.29, 0.717) is 0 Å². The molecule has 1 aliphatic rings. The molecular formula is C16H18BrNS. The van der Waals surface area contributed by atoms with Gasteiger partial charge in [-0.05, 0) is 61.4 Å². The number of nitrogens with two attached hydrogens (primary N) is 1. The Labute approximate surface area is 127 Å². The van der Waals surface area contributed by atoms with E-state index in [4.69, 9.17) is 5.73 Å². The van der Waals surface area contributed by atoms with Crippen LogP contribution in [-0.2, 0) is 19.3 Å². The first-order chi connectivity index (χ1) is 9.22. The fourth-order valence-electron chi connectivity index (χ4n) is 2.71. The standard InChI is InChI=1S/C16H18BrNS/c17-13-6-3-4-11(8-13)9-14(18)16-10-12-5-1-2-7-15(12)19-16/h3-4,6,8,10,14H,1-2,5,7,9,18H2. The predicted molar refractivity (Wildman–Crippen MR) is 85.7 cm³/mol. The van der Waals surface area contributed by atoms with Gasteiger partial charge in [-0.25, -0.2) is 0 Å². The molecule has 1 aromatic heterocycles. The van der Waals surface area contributed by atoms with Crippen LogP contribution in [0.4, 0.5) is 0 Å². The lowest BCUT2D eigenvalue weighted by Gasteiger charge is -2.09. The van der Waals surface area contributed by atoms with Gasteiger partial charge in [0.15, 0.2) is 0 Å². The quantitative estimate of drug-likeness (QED) is 0.869. The number of halogens is 1. The second-order valence-electron chi connectivity index (χ2n) is 5.24. The van der Waals surface area contributed by atoms with Crippen LogP contribution in [-0.4, -0.2) is 0 Å². The Morgan fingerprint density at radius 2 is 2.05 bits per heavy atom. The minimum atomic E-state index is 0.130. The van der Waals surface area contributed by atoms with Gasteiger partial charge in [0.25, 0.3) is 0 Å². The lowest BCUT2D eigenvalue weighted by molar-refractivity contribution is 0.695. The summed E-state index contributed by atoms with van der Waals surface area (Å²) >= 11 is 5.45. The second kappa shape index (κ2) is 5.78. The summed E-state index contributed by atoms with van der Waals surface area (Å²) in [4.78, 5) is 2.93. The maximum atomic E-state index is 6.38. The highest BCUT2D eigenvalue weighted by Gasteiger charge is 2.17. The summed E-state index contributed by atoms with van der Waals surface area (Å²) in [5.74, 6) is 0. The van der Waals surface area contributed by atoms with Crippen LogP contribution >= 0.6 is 27.3 Å². The molecule has 19 heavy (non-hydrogen) atoms. The molecule has 1 unspecified atom stereocenters. The molecule has 100 valence electrons. The van der Waals surface area contributed by atoms with Crippen molar-refractivity contribution in [2.24, 2.45) is 5.73 Å². The molecule has 1 heterocycles. The van der Waals surface area contributed by atoms with Gasteiger partial charge in [0.05, 0.1) is 0 Å². The van der Waals surface area contributed by atoms with E-state index in [0.717, 1.165) is 10.9 Å². The van der Waals surface area contributed by atoms with Gasteiger partial charge in [-0.15, -0.1) is 11.3 Å². The molecule has 1 aliphatic carbocycles. The topological polar surface area (TPSA) is 26.0 Å². The van der Waals surface area contributed by atoms with Crippen molar-refractivity contribution >= 4 is 27.3 Å². The van der Waals surface area contributed by atoms with Crippen molar-refractivity contribution in [1.82, 2.24) is 0 Å². The van der Waals surface area contributed by atoms with Gasteiger partial charge < -0.3 is 5.73 Å². The molecule has 2 N–H and O–H groups in total. The molecule has 0 bridgehead atoms. The molecule has 2 aromatic rings. The van der Waals surface area contributed by atoms with Gasteiger partial charge in [0.1, 0.15) is 0 Å². The minimum absolute atomic E-state index is 0.130. The summed E-state index contributed by atoms with van der Waals surface area (Å²) in [6.45, 7) is 0. The van der Waals surface area contributed by atoms with Crippen LogP contribution in [0.2, 0.25) is 0 Å². The summed E-state index contributed by atoms with van der Waals surface area (Å²) < 4.78 is 1.13. The predicted octanol–water partition coefficient (Wildman–Crippen LogP) is 4.63. The third-order valence-corrected chi connectivity index (χ3v) is 5.59. The summed E-state index contributed by atoms with van der Waals surface area (Å²) in [7, 11) is 0. The highest BCUT2D eigenvalue weighted by atomic mass is 79.9. The van der Waals surface area contributed by atoms with E-state index in [9.17, 15) is 0 Å². The van der Waals surface area contributed by atoms with Gasteiger partial charge in [0, 0.05) is 20.3 Å². The molecule has 3 heteroatoms. The molecule has 3 rings (SSSR count). The normalized spacial score (nSPS) is 16.1. The van der Waals surface area contributed by atoms with Gasteiger partial charge in [-0.3, -0.25) is 0 Å². The highest BCUT2D eigenvalue weighted by molar-refractivity contribution is 9.10. The van der Waals surface area contributed by atoms with Crippen LogP contribution in [0.5, 0.6) is 0 Å². The van der Waals surface area contributed by atoms with Gasteiger partial charge in [-0.2, -0.15) is 0 Å². The van der Waals surface area contributed by atoms with E-state index in [-0.39, 0.29) is 6.04 Å². The van der Waals surface area contributed by atoms with E-state index in [1.54, 1.807) is 10.4 Å². The Morgan fingerprint density at radius 1 is 1.21 bits per heavy atom. The van der Waals surface area contributed by atoms with Crippen LogP contribution in [0, 0.1) is 0 Å². The average Bonchev–Trinajstić information content (AvgIpc) is 2.82. The van der Waals surface area contributed by atoms with E-state index in [1.807, 2.05) is 11.3 Å². The Bertz CT molecular complexity index is 552. The molecule has 1 atom stereocenters. The van der Waals surface area contributed by atoms with Crippen LogP contribution in [0.15, 0.2) is 34.8 Å². The van der Waals surface area contributed by atoms with Crippen LogP contribution in [0.1, 0.15) is 39.8 Å². The maximum absolute atomic E-state index is 6.38. The van der Waals surface area contributed by atoms with E-state index < -0.39 is 0 Å². The maximum Gasteiger partial charge on any atom is 0.0430 e. The summed E-state index contributed by atoms with van der Waals surface area (Å²) in [6, 6.07) is 10.9. The zero-order chi connectivity index (χ0) is 13.2. The van der Waals surface area contributed by atoms with E-state index in [2.05, 4.69) is 46.3 Å². The number of aryl methyl sites for hydroxylation is 2. The van der Waals surface area contributed by atoms with Gasteiger partial charge in [-0.1, -0.05) is 28.1 Å². The van der Waals surface area contributed by atoms with Crippen molar-refractivity contribution in [1.29, 1.82) is 0 Å². The molecule has 0 spiro atoms. The number of fused-ring (bicyclic) bond motifs is 1. The average molecular weight is 336 g/mol. The van der Waals surface area contributed by atoms with Gasteiger partial charge >= 0.3 is 0 Å². The SMILES string of the molecule is NC(Cc1cccc(Br)c1)c1cc2c(s1)CCCC2. The summed E-state index contributed by atoms with van der Waals surface area (Å²) in [5.41, 5.74) is 9.24. The highest BCUT2D eigenvalue weighted by Crippen LogP contribution is 2.33. The third kappa shape index (κ3) is 3.10. The van der Waals surface area contributed by atoms with Crippen molar-refractivity contribution in [2.75, 3.05) is 0 Å². The fraction of sp³-hybridized carbons (Fsp3) is 0.375. The van der Waals surface area contributed by atoms with Crippen molar-refractivity contribution in [2.45, 2.75) is 38.1 Å². The van der Waals surface area contributed by atoms with Crippen molar-refractivity contribution in [3.63, 3.8) is 0 Å². The van der Waals surface area contributed by atoms with Crippen LogP contribution in [0.25, 0.3) is 0 Å². The number of hydrogen-bond donors (Lipinski definition) is 1. The lowest BCUT2D eigenvalue weighted by atomic mass is 9.98. The van der Waals surface area contributed by atoms with Crippen molar-refractivity contribution in [3.05, 3.63) is 55.7 Å². The van der Waals surface area contributed by atoms with E-state index >= 15 is 0 Å². The molecule has 0 saturated carbocycles. The number of thiophene rings is 1. The Morgan fingerprint density at radius 3 is 2.84 bits per heavy atom. The van der Waals surface area contributed by atoms with Crippen molar-refractivity contribution in [3.8, 4) is 0 Å². The molecule has 0 saturated heterocycles. The Kier molecular flexibility index (Phi) is 4.06. The molecule has 0 aliphatic heterocycles. The second-order valence-corrected chi connectivity index (χ2v) is 7.33. The lowest BCUT2D eigenvalue weighted by Crippen LogP contribution is -2.11. The molecule has 0 amide bonds. The zero-order valence-electron chi connectivity index (χ0n) is 10.9.